The molecular weight excluding hydrogens is 362 g/mol. The number of anilines is 1. The molecule has 1 heterocycles. The molecule has 2 fully saturated rings. The average Bonchev–Trinajstić information content (AvgIpc) is 2.67. The molecule has 2 aliphatic rings. The molecule has 2 amide bonds. The number of likely N-dealkylation sites (tertiary alicyclic amines) is 1. The molecule has 1 aliphatic carbocycles. The molecule has 0 bridgehead atoms. The van der Waals surface area contributed by atoms with Crippen molar-refractivity contribution in [2.24, 2.45) is 11.8 Å². The van der Waals surface area contributed by atoms with Gasteiger partial charge in [-0.15, -0.1) is 0 Å². The number of hydrogen-bond donors (Lipinski definition) is 2. The van der Waals surface area contributed by atoms with E-state index < -0.39 is 0 Å². The van der Waals surface area contributed by atoms with Crippen LogP contribution in [0.15, 0.2) is 24.3 Å². The Hall–Kier alpha value is -2.04. The van der Waals surface area contributed by atoms with Crippen LogP contribution in [0.2, 0.25) is 0 Å². The molecule has 3 rings (SSSR count). The molecule has 2 N–H and O–H groups in total. The number of para-hydroxylation sites is 1. The van der Waals surface area contributed by atoms with Crippen LogP contribution in [0.5, 0.6) is 0 Å². The summed E-state index contributed by atoms with van der Waals surface area (Å²) in [6.07, 6.45) is 9.58. The van der Waals surface area contributed by atoms with E-state index in [1.165, 1.54) is 38.5 Å². The Balaban J connectivity index is 1.57. The van der Waals surface area contributed by atoms with Crippen LogP contribution >= 0.6 is 0 Å². The highest BCUT2D eigenvalue weighted by Crippen LogP contribution is 2.25. The minimum atomic E-state index is 0.0121. The van der Waals surface area contributed by atoms with E-state index >= 15 is 0 Å². The van der Waals surface area contributed by atoms with E-state index in [-0.39, 0.29) is 24.4 Å². The van der Waals surface area contributed by atoms with Crippen LogP contribution in [0.25, 0.3) is 0 Å². The van der Waals surface area contributed by atoms with Crippen molar-refractivity contribution in [3.8, 4) is 0 Å². The van der Waals surface area contributed by atoms with Crippen molar-refractivity contribution in [1.82, 2.24) is 10.2 Å². The summed E-state index contributed by atoms with van der Waals surface area (Å²) in [6, 6.07) is 7.85. The Labute approximate surface area is 175 Å². The number of hydrogen-bond acceptors (Lipinski definition) is 3. The van der Waals surface area contributed by atoms with E-state index in [1.54, 1.807) is 0 Å². The molecule has 1 saturated heterocycles. The van der Waals surface area contributed by atoms with Crippen LogP contribution in [0.1, 0.15) is 75.6 Å². The van der Waals surface area contributed by atoms with Crippen molar-refractivity contribution in [2.45, 2.75) is 71.3 Å². The number of piperidine rings is 1. The molecule has 1 aromatic carbocycles. The number of nitrogens with one attached hydrogen (secondary N) is 2. The second kappa shape index (κ2) is 10.7. The van der Waals surface area contributed by atoms with E-state index in [0.29, 0.717) is 17.4 Å². The smallest absolute Gasteiger partial charge is 0.255 e. The highest BCUT2D eigenvalue weighted by Gasteiger charge is 2.27. The molecule has 2 unspecified atom stereocenters. The Bertz CT molecular complexity index is 672. The van der Waals surface area contributed by atoms with Gasteiger partial charge < -0.3 is 15.5 Å². The fourth-order valence-electron chi connectivity index (χ4n) is 4.88. The Morgan fingerprint density at radius 2 is 1.59 bits per heavy atom. The highest BCUT2D eigenvalue weighted by atomic mass is 16.2. The van der Waals surface area contributed by atoms with E-state index in [2.05, 4.69) is 24.5 Å². The number of rotatable bonds is 5. The van der Waals surface area contributed by atoms with Gasteiger partial charge in [-0.2, -0.15) is 0 Å². The molecule has 0 spiro atoms. The molecule has 5 heteroatoms. The first kappa shape index (κ1) is 21.7. The average molecular weight is 400 g/mol. The first-order valence-corrected chi connectivity index (χ1v) is 11.4. The zero-order valence-corrected chi connectivity index (χ0v) is 18.1. The molecule has 29 heavy (non-hydrogen) atoms. The minimum Gasteiger partial charge on any atom is -0.376 e. The van der Waals surface area contributed by atoms with Crippen LogP contribution in [-0.2, 0) is 4.79 Å². The van der Waals surface area contributed by atoms with Crippen molar-refractivity contribution in [1.29, 1.82) is 0 Å². The molecule has 160 valence electrons. The molecule has 1 aliphatic heterocycles. The number of nitrogens with zero attached hydrogens (tertiary/aromatic N) is 1. The van der Waals surface area contributed by atoms with Gasteiger partial charge >= 0.3 is 0 Å². The maximum Gasteiger partial charge on any atom is 0.255 e. The second-order valence-electron chi connectivity index (χ2n) is 9.16. The van der Waals surface area contributed by atoms with Crippen molar-refractivity contribution >= 4 is 17.5 Å². The Morgan fingerprint density at radius 1 is 0.966 bits per heavy atom. The van der Waals surface area contributed by atoms with Crippen molar-refractivity contribution in [2.75, 3.05) is 25.0 Å². The fourth-order valence-corrected chi connectivity index (χ4v) is 4.88. The number of benzene rings is 1. The second-order valence-corrected chi connectivity index (χ2v) is 9.16. The van der Waals surface area contributed by atoms with Crippen LogP contribution in [-0.4, -0.2) is 42.4 Å². The van der Waals surface area contributed by atoms with Gasteiger partial charge in [-0.3, -0.25) is 9.59 Å². The van der Waals surface area contributed by atoms with Gasteiger partial charge in [-0.1, -0.05) is 58.1 Å². The predicted molar refractivity (Wildman–Crippen MR) is 118 cm³/mol. The largest absolute Gasteiger partial charge is 0.376 e. The molecule has 1 saturated carbocycles. The van der Waals surface area contributed by atoms with Gasteiger partial charge in [0.1, 0.15) is 0 Å². The standard InChI is InChI=1S/C24H37N3O2/c1-18-14-19(2)17-27(16-18)24(29)21-12-8-9-13-22(21)25-15-23(28)26-20-10-6-4-3-5-7-11-20/h8-9,12-13,18-20,25H,3-7,10-11,14-17H2,1-2H3,(H,26,28). The van der Waals surface area contributed by atoms with E-state index in [4.69, 9.17) is 0 Å². The Morgan fingerprint density at radius 3 is 2.28 bits per heavy atom. The van der Waals surface area contributed by atoms with E-state index in [0.717, 1.165) is 31.6 Å². The third-order valence-corrected chi connectivity index (χ3v) is 6.22. The lowest BCUT2D eigenvalue weighted by Crippen LogP contribution is -2.43. The lowest BCUT2D eigenvalue weighted by Gasteiger charge is -2.35. The topological polar surface area (TPSA) is 61.4 Å². The van der Waals surface area contributed by atoms with Crippen molar-refractivity contribution in [3.05, 3.63) is 29.8 Å². The maximum absolute atomic E-state index is 13.1. The van der Waals surface area contributed by atoms with Crippen molar-refractivity contribution < 1.29 is 9.59 Å². The summed E-state index contributed by atoms with van der Waals surface area (Å²) in [6.45, 7) is 6.23. The molecule has 0 radical (unpaired) electrons. The predicted octanol–water partition coefficient (Wildman–Crippen LogP) is 4.45. The van der Waals surface area contributed by atoms with Gasteiger partial charge in [0.2, 0.25) is 5.91 Å². The number of carbonyl (C=O) groups excluding carboxylic acids is 2. The van der Waals surface area contributed by atoms with Crippen LogP contribution in [0.4, 0.5) is 5.69 Å². The first-order valence-electron chi connectivity index (χ1n) is 11.4. The number of amides is 2. The normalized spacial score (nSPS) is 23.7. The molecule has 0 aromatic heterocycles. The molecular formula is C24H37N3O2. The van der Waals surface area contributed by atoms with Gasteiger partial charge in [0.25, 0.3) is 5.91 Å². The fraction of sp³-hybridized carbons (Fsp3) is 0.667. The van der Waals surface area contributed by atoms with E-state index in [1.807, 2.05) is 29.2 Å². The van der Waals surface area contributed by atoms with Gasteiger partial charge in [-0.05, 0) is 43.2 Å². The SMILES string of the molecule is CC1CC(C)CN(C(=O)c2ccccc2NCC(=O)NC2CCCCCCC2)C1. The van der Waals surface area contributed by atoms with Gasteiger partial charge in [0.15, 0.2) is 0 Å². The summed E-state index contributed by atoms with van der Waals surface area (Å²) in [5.74, 6) is 1.12. The van der Waals surface area contributed by atoms with Crippen molar-refractivity contribution in [3.63, 3.8) is 0 Å². The van der Waals surface area contributed by atoms with Crippen LogP contribution in [0, 0.1) is 11.8 Å². The summed E-state index contributed by atoms with van der Waals surface area (Å²) in [5, 5.41) is 6.40. The van der Waals surface area contributed by atoms with Gasteiger partial charge in [0.05, 0.1) is 12.1 Å². The van der Waals surface area contributed by atoms with Gasteiger partial charge in [-0.25, -0.2) is 0 Å². The summed E-state index contributed by atoms with van der Waals surface area (Å²) < 4.78 is 0. The molecule has 5 nitrogen and oxygen atoms in total. The summed E-state index contributed by atoms with van der Waals surface area (Å²) >= 11 is 0. The monoisotopic (exact) mass is 399 g/mol. The zero-order chi connectivity index (χ0) is 20.6. The quantitative estimate of drug-likeness (QED) is 0.769. The lowest BCUT2D eigenvalue weighted by atomic mass is 9.91. The van der Waals surface area contributed by atoms with E-state index in [9.17, 15) is 9.59 Å². The Kier molecular flexibility index (Phi) is 7.96. The zero-order valence-electron chi connectivity index (χ0n) is 18.1. The van der Waals surface area contributed by atoms with Gasteiger partial charge in [0, 0.05) is 24.8 Å². The maximum atomic E-state index is 13.1. The highest BCUT2D eigenvalue weighted by molar-refractivity contribution is 6.00. The number of carbonyl (C=O) groups is 2. The van der Waals surface area contributed by atoms with Crippen LogP contribution < -0.4 is 10.6 Å². The summed E-state index contributed by atoms with van der Waals surface area (Å²) in [7, 11) is 0. The third-order valence-electron chi connectivity index (χ3n) is 6.22. The molecule has 2 atom stereocenters. The summed E-state index contributed by atoms with van der Waals surface area (Å²) in [4.78, 5) is 27.6. The first-order chi connectivity index (χ1) is 14.0. The van der Waals surface area contributed by atoms with Crippen LogP contribution in [0.3, 0.4) is 0 Å². The molecule has 1 aromatic rings. The summed E-state index contributed by atoms with van der Waals surface area (Å²) in [5.41, 5.74) is 1.41. The lowest BCUT2D eigenvalue weighted by molar-refractivity contribution is -0.120. The minimum absolute atomic E-state index is 0.0121. The third kappa shape index (κ3) is 6.48.